The van der Waals surface area contributed by atoms with Gasteiger partial charge in [0.15, 0.2) is 5.75 Å². The molecule has 0 radical (unpaired) electrons. The highest BCUT2D eigenvalue weighted by molar-refractivity contribution is 5.95. The number of nitro groups is 1. The van der Waals surface area contributed by atoms with Crippen LogP contribution in [0.4, 0.5) is 5.69 Å². The number of rotatable bonds is 3. The summed E-state index contributed by atoms with van der Waals surface area (Å²) in [5, 5.41) is 20.2. The van der Waals surface area contributed by atoms with Crippen molar-refractivity contribution in [3.63, 3.8) is 0 Å². The van der Waals surface area contributed by atoms with Crippen LogP contribution >= 0.6 is 0 Å². The Labute approximate surface area is 117 Å². The minimum Gasteiger partial charge on any atom is -0.502 e. The molecule has 1 saturated heterocycles. The SMILES string of the molecule is CC(C)C1CCN(C(=O)c2ccc([N+](=O)[O-])c(O)c2)C1. The summed E-state index contributed by atoms with van der Waals surface area (Å²) >= 11 is 0. The van der Waals surface area contributed by atoms with Crippen molar-refractivity contribution in [3.8, 4) is 5.75 Å². The van der Waals surface area contributed by atoms with Gasteiger partial charge in [-0.15, -0.1) is 0 Å². The summed E-state index contributed by atoms with van der Waals surface area (Å²) in [5.74, 6) is 0.363. The number of aromatic hydroxyl groups is 1. The summed E-state index contributed by atoms with van der Waals surface area (Å²) in [6, 6.07) is 3.73. The molecule has 1 unspecified atom stereocenters. The van der Waals surface area contributed by atoms with E-state index < -0.39 is 10.7 Å². The predicted octanol–water partition coefficient (Wildman–Crippen LogP) is 2.42. The highest BCUT2D eigenvalue weighted by Gasteiger charge is 2.29. The summed E-state index contributed by atoms with van der Waals surface area (Å²) in [4.78, 5) is 24.0. The van der Waals surface area contributed by atoms with Crippen molar-refractivity contribution in [2.24, 2.45) is 11.8 Å². The molecule has 1 heterocycles. The van der Waals surface area contributed by atoms with Crippen molar-refractivity contribution in [1.82, 2.24) is 4.90 Å². The summed E-state index contributed by atoms with van der Waals surface area (Å²) < 4.78 is 0. The topological polar surface area (TPSA) is 83.7 Å². The molecule has 0 spiro atoms. The van der Waals surface area contributed by atoms with Gasteiger partial charge in [-0.2, -0.15) is 0 Å². The average molecular weight is 278 g/mol. The summed E-state index contributed by atoms with van der Waals surface area (Å²) in [7, 11) is 0. The third-order valence-corrected chi connectivity index (χ3v) is 3.87. The van der Waals surface area contributed by atoms with E-state index in [1.807, 2.05) is 0 Å². The van der Waals surface area contributed by atoms with Crippen molar-refractivity contribution in [3.05, 3.63) is 33.9 Å². The van der Waals surface area contributed by atoms with Gasteiger partial charge in [0.25, 0.3) is 5.91 Å². The molecule has 1 aromatic carbocycles. The van der Waals surface area contributed by atoms with E-state index in [1.54, 1.807) is 4.90 Å². The third kappa shape index (κ3) is 2.74. The van der Waals surface area contributed by atoms with Gasteiger partial charge in [0.05, 0.1) is 4.92 Å². The largest absolute Gasteiger partial charge is 0.502 e. The van der Waals surface area contributed by atoms with Crippen LogP contribution in [0.15, 0.2) is 18.2 Å². The van der Waals surface area contributed by atoms with Crippen LogP contribution in [0.1, 0.15) is 30.6 Å². The molecule has 1 amide bonds. The zero-order valence-corrected chi connectivity index (χ0v) is 11.6. The number of nitro benzene ring substituents is 1. The first-order chi connectivity index (χ1) is 9.40. The third-order valence-electron chi connectivity index (χ3n) is 3.87. The van der Waals surface area contributed by atoms with Crippen LogP contribution in [-0.2, 0) is 0 Å². The van der Waals surface area contributed by atoms with E-state index in [0.29, 0.717) is 24.9 Å². The molecule has 6 heteroatoms. The normalized spacial score (nSPS) is 18.6. The molecule has 20 heavy (non-hydrogen) atoms. The molecule has 0 aliphatic carbocycles. The zero-order valence-electron chi connectivity index (χ0n) is 11.6. The summed E-state index contributed by atoms with van der Waals surface area (Å²) in [6.45, 7) is 5.67. The van der Waals surface area contributed by atoms with E-state index in [-0.39, 0.29) is 17.2 Å². The van der Waals surface area contributed by atoms with E-state index in [9.17, 15) is 20.0 Å². The lowest BCUT2D eigenvalue weighted by atomic mass is 9.95. The van der Waals surface area contributed by atoms with E-state index in [2.05, 4.69) is 13.8 Å². The molecular formula is C14H18N2O4. The quantitative estimate of drug-likeness (QED) is 0.679. The highest BCUT2D eigenvalue weighted by atomic mass is 16.6. The van der Waals surface area contributed by atoms with Crippen LogP contribution < -0.4 is 0 Å². The molecule has 1 atom stereocenters. The van der Waals surface area contributed by atoms with Gasteiger partial charge < -0.3 is 10.0 Å². The van der Waals surface area contributed by atoms with Crippen molar-refractivity contribution < 1.29 is 14.8 Å². The number of amides is 1. The Morgan fingerprint density at radius 2 is 2.20 bits per heavy atom. The first-order valence-corrected chi connectivity index (χ1v) is 6.67. The Hall–Kier alpha value is -2.11. The van der Waals surface area contributed by atoms with E-state index >= 15 is 0 Å². The van der Waals surface area contributed by atoms with Crippen LogP contribution in [0.5, 0.6) is 5.75 Å². The van der Waals surface area contributed by atoms with Gasteiger partial charge in [-0.3, -0.25) is 14.9 Å². The lowest BCUT2D eigenvalue weighted by Crippen LogP contribution is -2.29. The number of phenols is 1. The lowest BCUT2D eigenvalue weighted by molar-refractivity contribution is -0.385. The van der Waals surface area contributed by atoms with Crippen LogP contribution in [0.25, 0.3) is 0 Å². The molecule has 6 nitrogen and oxygen atoms in total. The summed E-state index contributed by atoms with van der Waals surface area (Å²) in [6.07, 6.45) is 0.975. The van der Waals surface area contributed by atoms with Gasteiger partial charge in [0.1, 0.15) is 0 Å². The molecular weight excluding hydrogens is 260 g/mol. The fourth-order valence-corrected chi connectivity index (χ4v) is 2.51. The first-order valence-electron chi connectivity index (χ1n) is 6.67. The Balaban J connectivity index is 2.14. The number of nitrogens with zero attached hydrogens (tertiary/aromatic N) is 2. The maximum Gasteiger partial charge on any atom is 0.310 e. The van der Waals surface area contributed by atoms with Gasteiger partial charge in [0.2, 0.25) is 0 Å². The maximum atomic E-state index is 12.3. The maximum absolute atomic E-state index is 12.3. The van der Waals surface area contributed by atoms with E-state index in [4.69, 9.17) is 0 Å². The Morgan fingerprint density at radius 3 is 2.70 bits per heavy atom. The number of carbonyl (C=O) groups is 1. The number of hydrogen-bond donors (Lipinski definition) is 1. The molecule has 1 aromatic rings. The zero-order chi connectivity index (χ0) is 14.9. The average Bonchev–Trinajstić information content (AvgIpc) is 2.87. The van der Waals surface area contributed by atoms with Crippen LogP contribution in [-0.4, -0.2) is 33.9 Å². The smallest absolute Gasteiger partial charge is 0.310 e. The molecule has 0 bridgehead atoms. The van der Waals surface area contributed by atoms with E-state index in [0.717, 1.165) is 6.42 Å². The van der Waals surface area contributed by atoms with E-state index in [1.165, 1.54) is 18.2 Å². The van der Waals surface area contributed by atoms with Crippen molar-refractivity contribution in [2.75, 3.05) is 13.1 Å². The number of phenolic OH excluding ortho intramolecular Hbond substituents is 1. The van der Waals surface area contributed by atoms with Gasteiger partial charge >= 0.3 is 5.69 Å². The van der Waals surface area contributed by atoms with Gasteiger partial charge in [-0.1, -0.05) is 13.8 Å². The number of benzene rings is 1. The van der Waals surface area contributed by atoms with Crippen molar-refractivity contribution in [2.45, 2.75) is 20.3 Å². The predicted molar refractivity (Wildman–Crippen MR) is 73.6 cm³/mol. The van der Waals surface area contributed by atoms with Crippen LogP contribution in [0.2, 0.25) is 0 Å². The summed E-state index contributed by atoms with van der Waals surface area (Å²) in [5.41, 5.74) is -0.0967. The fourth-order valence-electron chi connectivity index (χ4n) is 2.51. The molecule has 2 rings (SSSR count). The van der Waals surface area contributed by atoms with Gasteiger partial charge in [-0.05, 0) is 30.4 Å². The molecule has 1 aliphatic heterocycles. The molecule has 108 valence electrons. The second-order valence-corrected chi connectivity index (χ2v) is 5.50. The molecule has 1 fully saturated rings. The molecule has 0 aromatic heterocycles. The second kappa shape index (κ2) is 5.48. The van der Waals surface area contributed by atoms with Crippen LogP contribution in [0, 0.1) is 22.0 Å². The van der Waals surface area contributed by atoms with Gasteiger partial charge in [0, 0.05) is 24.7 Å². The fraction of sp³-hybridized carbons (Fsp3) is 0.500. The Kier molecular flexibility index (Phi) is 3.92. The molecule has 0 saturated carbocycles. The minimum absolute atomic E-state index is 0.182. The number of hydrogen-bond acceptors (Lipinski definition) is 4. The number of carbonyl (C=O) groups excluding carboxylic acids is 1. The minimum atomic E-state index is -0.672. The van der Waals surface area contributed by atoms with Crippen LogP contribution in [0.3, 0.4) is 0 Å². The number of likely N-dealkylation sites (tertiary alicyclic amines) is 1. The molecule has 1 N–H and O–H groups in total. The Bertz CT molecular complexity index is 542. The highest BCUT2D eigenvalue weighted by Crippen LogP contribution is 2.29. The lowest BCUT2D eigenvalue weighted by Gasteiger charge is -2.18. The van der Waals surface area contributed by atoms with Gasteiger partial charge in [-0.25, -0.2) is 0 Å². The van der Waals surface area contributed by atoms with Crippen molar-refractivity contribution in [1.29, 1.82) is 0 Å². The first kappa shape index (κ1) is 14.3. The second-order valence-electron chi connectivity index (χ2n) is 5.50. The Morgan fingerprint density at radius 1 is 1.50 bits per heavy atom. The monoisotopic (exact) mass is 278 g/mol. The molecule has 1 aliphatic rings. The van der Waals surface area contributed by atoms with Crippen molar-refractivity contribution >= 4 is 11.6 Å². The standard InChI is InChI=1S/C14H18N2O4/c1-9(2)11-5-6-15(8-11)14(18)10-3-4-12(16(19)20)13(17)7-10/h3-4,7,9,11,17H,5-6,8H2,1-2H3.